The summed E-state index contributed by atoms with van der Waals surface area (Å²) >= 11 is 5.84. The second-order valence-electron chi connectivity index (χ2n) is 6.54. The van der Waals surface area contributed by atoms with Gasteiger partial charge < -0.3 is 14.2 Å². The molecule has 2 atom stereocenters. The highest BCUT2D eigenvalue weighted by Crippen LogP contribution is 2.26. The van der Waals surface area contributed by atoms with Gasteiger partial charge in [-0.25, -0.2) is 13.9 Å². The van der Waals surface area contributed by atoms with Gasteiger partial charge in [0.1, 0.15) is 17.5 Å². The molecule has 0 saturated heterocycles. The number of amides is 1. The van der Waals surface area contributed by atoms with Gasteiger partial charge in [-0.1, -0.05) is 11.6 Å². The lowest BCUT2D eigenvalue weighted by Crippen LogP contribution is -2.53. The van der Waals surface area contributed by atoms with E-state index in [0.29, 0.717) is 16.5 Å². The van der Waals surface area contributed by atoms with Crippen LogP contribution in [0.1, 0.15) is 6.92 Å². The number of nitrogens with one attached hydrogen (secondary N) is 1. The molecule has 2 N–H and O–H groups in total. The summed E-state index contributed by atoms with van der Waals surface area (Å²) < 4.78 is 43.0. The number of rotatable bonds is 11. The minimum atomic E-state index is -4.09. The molecule has 2 aromatic rings. The van der Waals surface area contributed by atoms with Crippen molar-refractivity contribution in [2.45, 2.75) is 24.0 Å². The Balaban J connectivity index is 2.20. The number of ether oxygens (including phenoxy) is 3. The van der Waals surface area contributed by atoms with E-state index in [0.717, 1.165) is 4.31 Å². The van der Waals surface area contributed by atoms with Crippen LogP contribution in [0.4, 0.5) is 0 Å². The van der Waals surface area contributed by atoms with Crippen LogP contribution in [0.3, 0.4) is 0 Å². The van der Waals surface area contributed by atoms with E-state index in [1.54, 1.807) is 24.3 Å². The molecule has 9 nitrogen and oxygen atoms in total. The number of carbonyl (C=O) groups is 1. The average Bonchev–Trinajstić information content (AvgIpc) is 2.75. The molecule has 2 rings (SSSR count). The van der Waals surface area contributed by atoms with Crippen LogP contribution in [0, 0.1) is 0 Å². The first kappa shape index (κ1) is 25.1. The van der Waals surface area contributed by atoms with E-state index in [1.165, 1.54) is 50.8 Å². The number of hydrogen-bond acceptors (Lipinski definition) is 7. The summed E-state index contributed by atoms with van der Waals surface area (Å²) in [4.78, 5) is 12.1. The van der Waals surface area contributed by atoms with E-state index in [2.05, 4.69) is 0 Å². The molecule has 0 bridgehead atoms. The lowest BCUT2D eigenvalue weighted by atomic mass is 10.2. The molecular weight excluding hydrogens is 448 g/mol. The molecule has 2 unspecified atom stereocenters. The van der Waals surface area contributed by atoms with Gasteiger partial charge in [-0.05, 0) is 55.5 Å². The monoisotopic (exact) mass is 472 g/mol. The van der Waals surface area contributed by atoms with Gasteiger partial charge in [0.2, 0.25) is 10.0 Å². The van der Waals surface area contributed by atoms with E-state index in [4.69, 9.17) is 31.0 Å². The zero-order chi connectivity index (χ0) is 23.0. The largest absolute Gasteiger partial charge is 0.457 e. The summed E-state index contributed by atoms with van der Waals surface area (Å²) in [5.41, 5.74) is 1.50. The molecule has 0 spiro atoms. The molecule has 0 saturated carbocycles. The topological polar surface area (TPSA) is 114 Å². The summed E-state index contributed by atoms with van der Waals surface area (Å²) in [7, 11) is -1.36. The normalized spacial score (nSPS) is 13.6. The number of hydrogen-bond donors (Lipinski definition) is 2. The van der Waals surface area contributed by atoms with Crippen LogP contribution in [0.15, 0.2) is 53.4 Å². The number of sulfonamides is 1. The van der Waals surface area contributed by atoms with Crippen LogP contribution < -0.4 is 10.2 Å². The number of carbonyl (C=O) groups excluding carboxylic acids is 1. The van der Waals surface area contributed by atoms with E-state index in [9.17, 15) is 13.2 Å². The van der Waals surface area contributed by atoms with Crippen LogP contribution in [0.2, 0.25) is 5.02 Å². The van der Waals surface area contributed by atoms with Crippen molar-refractivity contribution in [3.8, 4) is 11.5 Å². The summed E-state index contributed by atoms with van der Waals surface area (Å²) in [6, 6.07) is 11.1. The molecule has 0 aliphatic heterocycles. The Kier molecular flexibility index (Phi) is 9.23. The van der Waals surface area contributed by atoms with Gasteiger partial charge >= 0.3 is 0 Å². The minimum absolute atomic E-state index is 0.0571. The van der Waals surface area contributed by atoms with Crippen molar-refractivity contribution in [3.05, 3.63) is 53.6 Å². The van der Waals surface area contributed by atoms with E-state index in [1.807, 2.05) is 0 Å². The first-order valence-electron chi connectivity index (χ1n) is 9.26. The van der Waals surface area contributed by atoms with Crippen molar-refractivity contribution < 1.29 is 32.6 Å². The Morgan fingerprint density at radius 2 is 1.65 bits per heavy atom. The standard InChI is InChI=1S/C20H25ClN2O7S/c1-14(29-13-12-28-3)19(20(24)22-25)23(2)31(26,27)18-10-8-17(9-11-18)30-16-6-4-15(21)5-7-16/h4-11,14,19,25H,12-13H2,1-3H3,(H,22,24). The first-order valence-corrected chi connectivity index (χ1v) is 11.1. The Morgan fingerprint density at radius 3 is 2.16 bits per heavy atom. The van der Waals surface area contributed by atoms with E-state index < -0.39 is 28.1 Å². The highest BCUT2D eigenvalue weighted by molar-refractivity contribution is 7.89. The van der Waals surface area contributed by atoms with E-state index in [-0.39, 0.29) is 18.1 Å². The average molecular weight is 473 g/mol. The number of methoxy groups -OCH3 is 1. The van der Waals surface area contributed by atoms with Crippen LogP contribution in [-0.2, 0) is 24.3 Å². The van der Waals surface area contributed by atoms with Crippen LogP contribution >= 0.6 is 11.6 Å². The molecule has 0 radical (unpaired) electrons. The maximum Gasteiger partial charge on any atom is 0.264 e. The van der Waals surface area contributed by atoms with Gasteiger partial charge in [-0.3, -0.25) is 10.0 Å². The predicted molar refractivity (Wildman–Crippen MR) is 114 cm³/mol. The van der Waals surface area contributed by atoms with Gasteiger partial charge in [0, 0.05) is 19.2 Å². The molecule has 0 fully saturated rings. The third-order valence-electron chi connectivity index (χ3n) is 4.43. The quantitative estimate of drug-likeness (QED) is 0.293. The van der Waals surface area contributed by atoms with Gasteiger partial charge in [0.25, 0.3) is 5.91 Å². The third kappa shape index (κ3) is 6.63. The highest BCUT2D eigenvalue weighted by atomic mass is 35.5. The first-order chi connectivity index (χ1) is 14.7. The molecule has 0 aliphatic rings. The molecule has 1 amide bonds. The fourth-order valence-electron chi connectivity index (χ4n) is 2.78. The van der Waals surface area contributed by atoms with Gasteiger partial charge in [-0.2, -0.15) is 4.31 Å². The van der Waals surface area contributed by atoms with Crippen molar-refractivity contribution >= 4 is 27.5 Å². The summed E-state index contributed by atoms with van der Waals surface area (Å²) in [5.74, 6) is 0.0439. The molecule has 0 aliphatic carbocycles. The zero-order valence-corrected chi connectivity index (χ0v) is 18.9. The molecule has 2 aromatic carbocycles. The Labute approximate surface area is 186 Å². The molecule has 170 valence electrons. The molecule has 11 heteroatoms. The maximum absolute atomic E-state index is 13.1. The lowest BCUT2D eigenvalue weighted by molar-refractivity contribution is -0.138. The van der Waals surface area contributed by atoms with Crippen LogP contribution in [-0.4, -0.2) is 63.4 Å². The molecular formula is C20H25ClN2O7S. The number of benzene rings is 2. The summed E-state index contributed by atoms with van der Waals surface area (Å²) in [6.07, 6.45) is -0.852. The Morgan fingerprint density at radius 1 is 1.10 bits per heavy atom. The highest BCUT2D eigenvalue weighted by Gasteiger charge is 2.37. The van der Waals surface area contributed by atoms with Crippen molar-refractivity contribution in [2.75, 3.05) is 27.4 Å². The number of nitrogens with zero attached hydrogens (tertiary/aromatic N) is 1. The van der Waals surface area contributed by atoms with Crippen LogP contribution in [0.5, 0.6) is 11.5 Å². The molecule has 0 aromatic heterocycles. The molecule has 31 heavy (non-hydrogen) atoms. The summed E-state index contributed by atoms with van der Waals surface area (Å²) in [5, 5.41) is 9.65. The Bertz CT molecular complexity index is 952. The fourth-order valence-corrected chi connectivity index (χ4v) is 4.29. The van der Waals surface area contributed by atoms with Crippen molar-refractivity contribution in [1.29, 1.82) is 0 Å². The van der Waals surface area contributed by atoms with Crippen molar-refractivity contribution in [3.63, 3.8) is 0 Å². The minimum Gasteiger partial charge on any atom is -0.457 e. The van der Waals surface area contributed by atoms with Crippen molar-refractivity contribution in [2.24, 2.45) is 0 Å². The third-order valence-corrected chi connectivity index (χ3v) is 6.54. The fraction of sp³-hybridized carbons (Fsp3) is 0.350. The van der Waals surface area contributed by atoms with Gasteiger partial charge in [-0.15, -0.1) is 0 Å². The van der Waals surface area contributed by atoms with Crippen LogP contribution in [0.25, 0.3) is 0 Å². The SMILES string of the molecule is COCCOC(C)C(C(=O)NO)N(C)S(=O)(=O)c1ccc(Oc2ccc(Cl)cc2)cc1. The second-order valence-corrected chi connectivity index (χ2v) is 8.97. The van der Waals surface area contributed by atoms with Crippen molar-refractivity contribution in [1.82, 2.24) is 9.79 Å². The smallest absolute Gasteiger partial charge is 0.264 e. The van der Waals surface area contributed by atoms with E-state index >= 15 is 0 Å². The molecule has 0 heterocycles. The maximum atomic E-state index is 13.1. The zero-order valence-electron chi connectivity index (χ0n) is 17.3. The van der Waals surface area contributed by atoms with Gasteiger partial charge in [0.15, 0.2) is 0 Å². The number of hydroxylamine groups is 1. The van der Waals surface area contributed by atoms with Gasteiger partial charge in [0.05, 0.1) is 24.2 Å². The second kappa shape index (κ2) is 11.4. The lowest BCUT2D eigenvalue weighted by Gasteiger charge is -2.30. The predicted octanol–water partition coefficient (Wildman–Crippen LogP) is 2.68. The Hall–Kier alpha value is -2.21. The number of halogens is 1. The summed E-state index contributed by atoms with van der Waals surface area (Å²) in [6.45, 7) is 1.95. The number of likely N-dealkylation sites (N-methyl/N-ethyl adjacent to an activating group) is 1.